The molecule has 1 unspecified atom stereocenters. The van der Waals surface area contributed by atoms with E-state index in [1.165, 1.54) is 0 Å². The normalized spacial score (nSPS) is 33.7. The van der Waals surface area contributed by atoms with Crippen LogP contribution in [-0.4, -0.2) is 30.2 Å². The Kier molecular flexibility index (Phi) is 1.62. The molecular formula is C5H2F4O3. The van der Waals surface area contributed by atoms with Crippen molar-refractivity contribution in [1.82, 2.24) is 0 Å². The maximum absolute atomic E-state index is 12.6. The summed E-state index contributed by atoms with van der Waals surface area (Å²) in [7, 11) is 0. The quantitative estimate of drug-likeness (QED) is 0.338. The Bertz CT molecular complexity index is 251. The molecule has 12 heavy (non-hydrogen) atoms. The molecule has 0 radical (unpaired) electrons. The first-order valence-corrected chi connectivity index (χ1v) is 2.75. The lowest BCUT2D eigenvalue weighted by atomic mass is 10.0. The van der Waals surface area contributed by atoms with Crippen LogP contribution in [0.2, 0.25) is 0 Å². The Labute approximate surface area is 63.3 Å². The van der Waals surface area contributed by atoms with Crippen LogP contribution in [0.1, 0.15) is 0 Å². The van der Waals surface area contributed by atoms with E-state index in [9.17, 15) is 27.2 Å². The van der Waals surface area contributed by atoms with E-state index in [1.807, 2.05) is 0 Å². The monoisotopic (exact) mass is 186 g/mol. The van der Waals surface area contributed by atoms with Gasteiger partial charge in [0.2, 0.25) is 0 Å². The van der Waals surface area contributed by atoms with Gasteiger partial charge in [-0.3, -0.25) is 0 Å². The highest BCUT2D eigenvalue weighted by Gasteiger charge is 2.74. The molecule has 0 aliphatic carbocycles. The van der Waals surface area contributed by atoms with Crippen LogP contribution < -0.4 is 0 Å². The highest BCUT2D eigenvalue weighted by atomic mass is 19.3. The first-order chi connectivity index (χ1) is 5.36. The molecule has 7 heteroatoms. The lowest BCUT2D eigenvalue weighted by molar-refractivity contribution is -0.167. The van der Waals surface area contributed by atoms with Crippen LogP contribution in [-0.2, 0) is 14.3 Å². The summed E-state index contributed by atoms with van der Waals surface area (Å²) in [5, 5.41) is 0. The van der Waals surface area contributed by atoms with E-state index in [0.29, 0.717) is 0 Å². The molecule has 1 rings (SSSR count). The fraction of sp³-hybridized carbons (Fsp3) is 0.600. The average molecular weight is 186 g/mol. The summed E-state index contributed by atoms with van der Waals surface area (Å²) < 4.78 is 52.2. The molecule has 3 nitrogen and oxygen atoms in total. The van der Waals surface area contributed by atoms with Gasteiger partial charge in [0.05, 0.1) is 0 Å². The first-order valence-electron chi connectivity index (χ1n) is 2.75. The number of cyclic esters (lactones) is 2. The third-order valence-electron chi connectivity index (χ3n) is 1.45. The minimum absolute atomic E-state index is 2.18. The molecule has 1 heterocycles. The third-order valence-corrected chi connectivity index (χ3v) is 1.45. The molecule has 1 aliphatic heterocycles. The zero-order chi connectivity index (χ0) is 9.57. The maximum Gasteiger partial charge on any atom is 0.389 e. The van der Waals surface area contributed by atoms with Crippen LogP contribution in [0.5, 0.6) is 0 Å². The van der Waals surface area contributed by atoms with E-state index >= 15 is 0 Å². The topological polar surface area (TPSA) is 43.4 Å². The Balaban J connectivity index is 3.15. The Hall–Kier alpha value is -1.14. The van der Waals surface area contributed by atoms with Crippen molar-refractivity contribution < 1.29 is 31.9 Å². The molecule has 0 N–H and O–H groups in total. The van der Waals surface area contributed by atoms with Crippen molar-refractivity contribution in [2.75, 3.05) is 6.67 Å². The summed E-state index contributed by atoms with van der Waals surface area (Å²) in [5.41, 5.74) is -4.15. The minimum Gasteiger partial charge on any atom is -0.386 e. The van der Waals surface area contributed by atoms with E-state index in [2.05, 4.69) is 4.74 Å². The molecule has 0 aromatic heterocycles. The van der Waals surface area contributed by atoms with Crippen molar-refractivity contribution in [2.24, 2.45) is 0 Å². The van der Waals surface area contributed by atoms with E-state index < -0.39 is 30.2 Å². The molecule has 68 valence electrons. The van der Waals surface area contributed by atoms with Crippen molar-refractivity contribution in [3.05, 3.63) is 0 Å². The summed E-state index contributed by atoms with van der Waals surface area (Å²) in [6, 6.07) is 0. The summed E-state index contributed by atoms with van der Waals surface area (Å²) in [6.07, 6.45) is 0. The molecule has 0 bridgehead atoms. The number of esters is 2. The highest BCUT2D eigenvalue weighted by molar-refractivity contribution is 6.04. The number of halogens is 4. The predicted molar refractivity (Wildman–Crippen MR) is 25.9 cm³/mol. The number of rotatable bonds is 1. The van der Waals surface area contributed by atoms with Gasteiger partial charge in [-0.15, -0.1) is 0 Å². The summed E-state index contributed by atoms with van der Waals surface area (Å²) in [6.45, 7) is -2.29. The molecular weight excluding hydrogens is 184 g/mol. The van der Waals surface area contributed by atoms with Gasteiger partial charge in [-0.1, -0.05) is 0 Å². The predicted octanol–water partition coefficient (Wildman–Crippen LogP) is 0.383. The molecule has 0 saturated carbocycles. The van der Waals surface area contributed by atoms with Crippen molar-refractivity contribution in [3.8, 4) is 0 Å². The minimum atomic E-state index is -4.72. The average Bonchev–Trinajstić information content (AvgIpc) is 2.14. The van der Waals surface area contributed by atoms with E-state index in [0.717, 1.165) is 0 Å². The van der Waals surface area contributed by atoms with E-state index in [4.69, 9.17) is 0 Å². The Morgan fingerprint density at radius 3 is 1.83 bits per heavy atom. The zero-order valence-electron chi connectivity index (χ0n) is 5.44. The van der Waals surface area contributed by atoms with Crippen LogP contribution in [0, 0.1) is 0 Å². The molecule has 0 aromatic carbocycles. The molecule has 1 fully saturated rings. The SMILES string of the molecule is O=C1OC(=O)C(F)(CF)C1(F)F. The molecule has 0 spiro atoms. The highest BCUT2D eigenvalue weighted by Crippen LogP contribution is 2.40. The Morgan fingerprint density at radius 2 is 1.67 bits per heavy atom. The zero-order valence-corrected chi connectivity index (χ0v) is 5.44. The largest absolute Gasteiger partial charge is 0.389 e. The first kappa shape index (κ1) is 8.95. The van der Waals surface area contributed by atoms with Crippen molar-refractivity contribution in [1.29, 1.82) is 0 Å². The number of ether oxygens (including phenoxy) is 1. The van der Waals surface area contributed by atoms with Gasteiger partial charge in [-0.2, -0.15) is 8.78 Å². The summed E-state index contributed by atoms with van der Waals surface area (Å²) in [5.74, 6) is -9.26. The van der Waals surface area contributed by atoms with Gasteiger partial charge in [0, 0.05) is 0 Å². The van der Waals surface area contributed by atoms with Gasteiger partial charge in [0.15, 0.2) is 0 Å². The van der Waals surface area contributed by atoms with Gasteiger partial charge >= 0.3 is 23.5 Å². The molecule has 1 aliphatic rings. The lowest BCUT2D eigenvalue weighted by Crippen LogP contribution is -2.48. The maximum atomic E-state index is 12.6. The number of hydrogen-bond donors (Lipinski definition) is 0. The van der Waals surface area contributed by atoms with Crippen molar-refractivity contribution in [2.45, 2.75) is 11.6 Å². The van der Waals surface area contributed by atoms with Gasteiger partial charge in [0.25, 0.3) is 0 Å². The van der Waals surface area contributed by atoms with Crippen LogP contribution in [0.25, 0.3) is 0 Å². The lowest BCUT2D eigenvalue weighted by Gasteiger charge is -2.15. The molecule has 0 aromatic rings. The smallest absolute Gasteiger partial charge is 0.386 e. The van der Waals surface area contributed by atoms with Crippen LogP contribution in [0.4, 0.5) is 17.6 Å². The second-order valence-corrected chi connectivity index (χ2v) is 2.19. The van der Waals surface area contributed by atoms with Gasteiger partial charge in [-0.05, 0) is 0 Å². The van der Waals surface area contributed by atoms with Crippen LogP contribution in [0.3, 0.4) is 0 Å². The molecule has 1 saturated heterocycles. The molecule has 0 amide bonds. The molecule has 1 atom stereocenters. The Morgan fingerprint density at radius 1 is 1.17 bits per heavy atom. The number of alkyl halides is 4. The third kappa shape index (κ3) is 0.759. The van der Waals surface area contributed by atoms with Gasteiger partial charge in [0.1, 0.15) is 6.67 Å². The van der Waals surface area contributed by atoms with E-state index in [-0.39, 0.29) is 0 Å². The fourth-order valence-corrected chi connectivity index (χ4v) is 0.658. The van der Waals surface area contributed by atoms with Crippen LogP contribution >= 0.6 is 0 Å². The number of carbonyl (C=O) groups is 2. The summed E-state index contributed by atoms with van der Waals surface area (Å²) in [4.78, 5) is 20.3. The van der Waals surface area contributed by atoms with Crippen molar-refractivity contribution in [3.63, 3.8) is 0 Å². The van der Waals surface area contributed by atoms with Gasteiger partial charge in [-0.25, -0.2) is 18.4 Å². The number of hydrogen-bond acceptors (Lipinski definition) is 3. The number of carbonyl (C=O) groups excluding carboxylic acids is 2. The van der Waals surface area contributed by atoms with Crippen molar-refractivity contribution >= 4 is 11.9 Å². The van der Waals surface area contributed by atoms with Crippen LogP contribution in [0.15, 0.2) is 0 Å². The van der Waals surface area contributed by atoms with Gasteiger partial charge < -0.3 is 4.74 Å². The van der Waals surface area contributed by atoms with E-state index in [1.54, 1.807) is 0 Å². The standard InChI is InChI=1S/C5H2F4O3/c6-1-4(7)2(10)12-3(11)5(4,8)9/h1H2. The summed E-state index contributed by atoms with van der Waals surface area (Å²) >= 11 is 0. The second kappa shape index (κ2) is 2.18. The second-order valence-electron chi connectivity index (χ2n) is 2.19. The fourth-order valence-electron chi connectivity index (χ4n) is 0.658.